The molecule has 0 unspecified atom stereocenters. The summed E-state index contributed by atoms with van der Waals surface area (Å²) in [5, 5.41) is 13.7. The van der Waals surface area contributed by atoms with E-state index in [1.165, 1.54) is 12.3 Å². The van der Waals surface area contributed by atoms with Gasteiger partial charge in [0.05, 0.1) is 16.8 Å². The zero-order valence-corrected chi connectivity index (χ0v) is 16.1. The van der Waals surface area contributed by atoms with E-state index in [1.807, 2.05) is 43.3 Å². The minimum Gasteiger partial charge on any atom is -0.484 e. The molecule has 8 nitrogen and oxygen atoms in total. The number of amides is 1. The average Bonchev–Trinajstić information content (AvgIpc) is 3.17. The molecule has 0 atom stereocenters. The molecule has 0 spiro atoms. The minimum atomic E-state index is -0.444. The number of imidazole rings is 1. The SMILES string of the molecule is Cc1ccccc1NC(=O)COc1ccc(-c2cn3cc([N+](=O)[O-])ccc3n2)cc1. The first-order chi connectivity index (χ1) is 14.5. The van der Waals surface area contributed by atoms with Gasteiger partial charge in [-0.2, -0.15) is 0 Å². The number of nitrogens with one attached hydrogen (secondary N) is 1. The van der Waals surface area contributed by atoms with E-state index >= 15 is 0 Å². The maximum Gasteiger partial charge on any atom is 0.286 e. The number of pyridine rings is 1. The van der Waals surface area contributed by atoms with E-state index in [0.29, 0.717) is 17.1 Å². The van der Waals surface area contributed by atoms with Crippen molar-refractivity contribution in [2.24, 2.45) is 0 Å². The zero-order valence-electron chi connectivity index (χ0n) is 16.1. The normalized spacial score (nSPS) is 10.7. The van der Waals surface area contributed by atoms with Crippen molar-refractivity contribution in [2.45, 2.75) is 6.92 Å². The standard InChI is InChI=1S/C22H18N4O4/c1-15-4-2-3-5-19(15)24-22(27)14-30-18-9-6-16(7-10-18)20-13-25-12-17(26(28)29)8-11-21(25)23-20/h2-13H,14H2,1H3,(H,24,27). The summed E-state index contributed by atoms with van der Waals surface area (Å²) in [6.07, 6.45) is 3.16. The van der Waals surface area contributed by atoms with E-state index in [4.69, 9.17) is 4.74 Å². The Kier molecular flexibility index (Phi) is 5.13. The molecule has 2 aromatic heterocycles. The van der Waals surface area contributed by atoms with Crippen LogP contribution in [-0.4, -0.2) is 26.8 Å². The molecule has 0 saturated heterocycles. The predicted molar refractivity (Wildman–Crippen MR) is 113 cm³/mol. The zero-order chi connectivity index (χ0) is 21.1. The summed E-state index contributed by atoms with van der Waals surface area (Å²) in [6.45, 7) is 1.82. The molecular weight excluding hydrogens is 384 g/mol. The highest BCUT2D eigenvalue weighted by Crippen LogP contribution is 2.23. The third kappa shape index (κ3) is 4.12. The van der Waals surface area contributed by atoms with Crippen LogP contribution in [0, 0.1) is 17.0 Å². The molecule has 0 fully saturated rings. The van der Waals surface area contributed by atoms with Gasteiger partial charge >= 0.3 is 0 Å². The van der Waals surface area contributed by atoms with Crippen molar-refractivity contribution in [3.8, 4) is 17.0 Å². The Labute approximate surface area is 171 Å². The first-order valence-electron chi connectivity index (χ1n) is 9.21. The van der Waals surface area contributed by atoms with E-state index in [2.05, 4.69) is 10.3 Å². The monoisotopic (exact) mass is 402 g/mol. The Bertz CT molecular complexity index is 1230. The van der Waals surface area contributed by atoms with Crippen molar-refractivity contribution in [1.82, 2.24) is 9.38 Å². The number of carbonyl (C=O) groups is 1. The van der Waals surface area contributed by atoms with Crippen LogP contribution in [0.2, 0.25) is 0 Å². The molecule has 0 saturated carbocycles. The van der Waals surface area contributed by atoms with E-state index in [-0.39, 0.29) is 18.2 Å². The van der Waals surface area contributed by atoms with Gasteiger partial charge in [-0.15, -0.1) is 0 Å². The number of hydrogen-bond acceptors (Lipinski definition) is 5. The fourth-order valence-electron chi connectivity index (χ4n) is 3.00. The van der Waals surface area contributed by atoms with Crippen molar-refractivity contribution >= 4 is 22.9 Å². The van der Waals surface area contributed by atoms with Gasteiger partial charge in [-0.1, -0.05) is 18.2 Å². The molecule has 1 N–H and O–H groups in total. The second kappa shape index (κ2) is 8.04. The quantitative estimate of drug-likeness (QED) is 0.384. The number of para-hydroxylation sites is 1. The number of nitro groups is 1. The Morgan fingerprint density at radius 1 is 1.10 bits per heavy atom. The van der Waals surface area contributed by atoms with Gasteiger partial charge in [0, 0.05) is 23.5 Å². The molecule has 8 heteroatoms. The fraction of sp³-hybridized carbons (Fsp3) is 0.0909. The summed E-state index contributed by atoms with van der Waals surface area (Å²) < 4.78 is 7.18. The topological polar surface area (TPSA) is 98.8 Å². The van der Waals surface area contributed by atoms with Crippen LogP contribution in [-0.2, 0) is 4.79 Å². The van der Waals surface area contributed by atoms with E-state index in [9.17, 15) is 14.9 Å². The Hall–Kier alpha value is -4.20. The number of benzene rings is 2. The molecule has 4 aromatic rings. The van der Waals surface area contributed by atoms with Crippen LogP contribution in [0.15, 0.2) is 73.1 Å². The molecule has 0 bridgehead atoms. The molecule has 150 valence electrons. The lowest BCUT2D eigenvalue weighted by Gasteiger charge is -2.09. The van der Waals surface area contributed by atoms with Crippen LogP contribution in [0.5, 0.6) is 5.75 Å². The molecule has 0 radical (unpaired) electrons. The predicted octanol–water partition coefficient (Wildman–Crippen LogP) is 4.24. The maximum absolute atomic E-state index is 12.1. The first-order valence-corrected chi connectivity index (χ1v) is 9.21. The van der Waals surface area contributed by atoms with Crippen LogP contribution in [0.4, 0.5) is 11.4 Å². The van der Waals surface area contributed by atoms with Crippen LogP contribution < -0.4 is 10.1 Å². The van der Waals surface area contributed by atoms with E-state index < -0.39 is 4.92 Å². The molecule has 30 heavy (non-hydrogen) atoms. The third-order valence-corrected chi connectivity index (χ3v) is 4.59. The Morgan fingerprint density at radius 2 is 1.87 bits per heavy atom. The van der Waals surface area contributed by atoms with Gasteiger partial charge in [0.25, 0.3) is 11.6 Å². The largest absolute Gasteiger partial charge is 0.484 e. The molecule has 2 aromatic carbocycles. The molecular formula is C22H18N4O4. The summed E-state index contributed by atoms with van der Waals surface area (Å²) in [5.74, 6) is 0.313. The summed E-state index contributed by atoms with van der Waals surface area (Å²) in [7, 11) is 0. The van der Waals surface area contributed by atoms with Crippen molar-refractivity contribution < 1.29 is 14.5 Å². The minimum absolute atomic E-state index is 0.000768. The number of carbonyl (C=O) groups excluding carboxylic acids is 1. The lowest BCUT2D eigenvalue weighted by atomic mass is 10.2. The van der Waals surface area contributed by atoms with Gasteiger partial charge in [0.1, 0.15) is 11.4 Å². The molecule has 0 aliphatic rings. The first kappa shape index (κ1) is 19.1. The van der Waals surface area contributed by atoms with Gasteiger partial charge in [0.2, 0.25) is 0 Å². The van der Waals surface area contributed by atoms with E-state index in [0.717, 1.165) is 16.8 Å². The Balaban J connectivity index is 1.41. The highest BCUT2D eigenvalue weighted by Gasteiger charge is 2.10. The van der Waals surface area contributed by atoms with Gasteiger partial charge < -0.3 is 10.1 Å². The second-order valence-corrected chi connectivity index (χ2v) is 6.71. The van der Waals surface area contributed by atoms with E-state index in [1.54, 1.807) is 28.8 Å². The third-order valence-electron chi connectivity index (χ3n) is 4.59. The highest BCUT2D eigenvalue weighted by atomic mass is 16.6. The highest BCUT2D eigenvalue weighted by molar-refractivity contribution is 5.92. The van der Waals surface area contributed by atoms with Gasteiger partial charge in [-0.25, -0.2) is 4.98 Å². The van der Waals surface area contributed by atoms with Gasteiger partial charge in [-0.05, 0) is 48.9 Å². The number of fused-ring (bicyclic) bond motifs is 1. The summed E-state index contributed by atoms with van der Waals surface area (Å²) >= 11 is 0. The summed E-state index contributed by atoms with van der Waals surface area (Å²) in [5.41, 5.74) is 3.86. The molecule has 1 amide bonds. The van der Waals surface area contributed by atoms with Crippen molar-refractivity contribution in [1.29, 1.82) is 0 Å². The molecule has 4 rings (SSSR count). The van der Waals surface area contributed by atoms with Crippen molar-refractivity contribution in [3.05, 3.63) is 88.7 Å². The molecule has 0 aliphatic heterocycles. The second-order valence-electron chi connectivity index (χ2n) is 6.71. The van der Waals surface area contributed by atoms with Gasteiger partial charge in [-0.3, -0.25) is 19.3 Å². The average molecular weight is 402 g/mol. The van der Waals surface area contributed by atoms with Crippen molar-refractivity contribution in [2.75, 3.05) is 11.9 Å². The molecule has 0 aliphatic carbocycles. The lowest BCUT2D eigenvalue weighted by molar-refractivity contribution is -0.385. The maximum atomic E-state index is 12.1. The number of hydrogen-bond donors (Lipinski definition) is 1. The van der Waals surface area contributed by atoms with Crippen LogP contribution in [0.1, 0.15) is 5.56 Å². The number of ether oxygens (including phenoxy) is 1. The smallest absolute Gasteiger partial charge is 0.286 e. The van der Waals surface area contributed by atoms with Crippen LogP contribution in [0.25, 0.3) is 16.9 Å². The van der Waals surface area contributed by atoms with Crippen molar-refractivity contribution in [3.63, 3.8) is 0 Å². The lowest BCUT2D eigenvalue weighted by Crippen LogP contribution is -2.20. The van der Waals surface area contributed by atoms with Gasteiger partial charge in [0.15, 0.2) is 6.61 Å². The number of aromatic nitrogens is 2. The summed E-state index contributed by atoms with van der Waals surface area (Å²) in [6, 6.07) is 17.7. The van der Waals surface area contributed by atoms with Crippen LogP contribution >= 0.6 is 0 Å². The number of rotatable bonds is 6. The number of aryl methyl sites for hydroxylation is 1. The fourth-order valence-corrected chi connectivity index (χ4v) is 3.00. The molecule has 2 heterocycles. The Morgan fingerprint density at radius 3 is 2.60 bits per heavy atom. The summed E-state index contributed by atoms with van der Waals surface area (Å²) in [4.78, 5) is 27.1. The van der Waals surface area contributed by atoms with Crippen LogP contribution in [0.3, 0.4) is 0 Å². The number of anilines is 1. The number of nitrogens with zero attached hydrogens (tertiary/aromatic N) is 3.